The molecule has 9 heteroatoms. The van der Waals surface area contributed by atoms with Gasteiger partial charge in [0.1, 0.15) is 5.75 Å². The second kappa shape index (κ2) is 6.27. The maximum atomic E-state index is 13.9. The first-order valence-electron chi connectivity index (χ1n) is 5.92. The minimum absolute atomic E-state index is 0.527. The standard InChI is InChI=1S/C14H6ClF7O/c15-5-8-10(16)12(18)9(13(19)11(8)17)6-2-1-3-7(4-6)23-14(20,21)22/h1-4H,5H2. The molecule has 0 fully saturated rings. The molecule has 2 aromatic rings. The van der Waals surface area contributed by atoms with Crippen molar-refractivity contribution in [2.24, 2.45) is 0 Å². The lowest BCUT2D eigenvalue weighted by Crippen LogP contribution is -2.17. The van der Waals surface area contributed by atoms with Gasteiger partial charge in [-0.05, 0) is 17.7 Å². The molecule has 0 spiro atoms. The minimum Gasteiger partial charge on any atom is -0.406 e. The third-order valence-corrected chi connectivity index (χ3v) is 3.11. The van der Waals surface area contributed by atoms with Crippen LogP contribution in [0.3, 0.4) is 0 Å². The van der Waals surface area contributed by atoms with Crippen molar-refractivity contribution in [1.82, 2.24) is 0 Å². The Bertz CT molecular complexity index is 714. The van der Waals surface area contributed by atoms with Gasteiger partial charge in [0.15, 0.2) is 23.3 Å². The van der Waals surface area contributed by atoms with Crippen LogP contribution in [0.25, 0.3) is 11.1 Å². The number of halogens is 8. The first-order valence-corrected chi connectivity index (χ1v) is 6.46. The van der Waals surface area contributed by atoms with Gasteiger partial charge in [-0.1, -0.05) is 12.1 Å². The second-order valence-electron chi connectivity index (χ2n) is 4.32. The first kappa shape index (κ1) is 17.4. The fraction of sp³-hybridized carbons (Fsp3) is 0.143. The molecule has 0 aromatic heterocycles. The molecule has 124 valence electrons. The highest BCUT2D eigenvalue weighted by Gasteiger charge is 2.31. The molecule has 0 aliphatic heterocycles. The van der Waals surface area contributed by atoms with Crippen LogP contribution in [0.15, 0.2) is 24.3 Å². The molecule has 0 saturated carbocycles. The molecule has 0 atom stereocenters. The molecule has 0 heterocycles. The zero-order valence-corrected chi connectivity index (χ0v) is 11.7. The largest absolute Gasteiger partial charge is 0.573 e. The predicted molar refractivity (Wildman–Crippen MR) is 68.0 cm³/mol. The molecule has 23 heavy (non-hydrogen) atoms. The maximum absolute atomic E-state index is 13.9. The van der Waals surface area contributed by atoms with Crippen LogP contribution in [0.2, 0.25) is 0 Å². The summed E-state index contributed by atoms with van der Waals surface area (Å²) in [6.07, 6.45) is -5.03. The van der Waals surface area contributed by atoms with E-state index in [0.29, 0.717) is 6.07 Å². The summed E-state index contributed by atoms with van der Waals surface area (Å²) in [6.45, 7) is 0. The summed E-state index contributed by atoms with van der Waals surface area (Å²) in [6, 6.07) is 3.44. The van der Waals surface area contributed by atoms with Crippen molar-refractivity contribution < 1.29 is 35.5 Å². The predicted octanol–water partition coefficient (Wildman–Crippen LogP) is 5.55. The second-order valence-corrected chi connectivity index (χ2v) is 4.59. The van der Waals surface area contributed by atoms with E-state index < -0.39 is 58.0 Å². The third-order valence-electron chi connectivity index (χ3n) is 2.84. The van der Waals surface area contributed by atoms with Crippen LogP contribution < -0.4 is 4.74 Å². The lowest BCUT2D eigenvalue weighted by Gasteiger charge is -2.13. The Balaban J connectivity index is 2.62. The van der Waals surface area contributed by atoms with Crippen LogP contribution in [0, 0.1) is 23.3 Å². The molecule has 0 aliphatic carbocycles. The normalized spacial score (nSPS) is 11.7. The lowest BCUT2D eigenvalue weighted by atomic mass is 10.0. The molecule has 0 bridgehead atoms. The average Bonchev–Trinajstić information content (AvgIpc) is 2.45. The summed E-state index contributed by atoms with van der Waals surface area (Å²) in [5, 5.41) is 0. The third kappa shape index (κ3) is 3.52. The van der Waals surface area contributed by atoms with Gasteiger partial charge in [-0.3, -0.25) is 0 Å². The molecule has 0 unspecified atom stereocenters. The summed E-state index contributed by atoms with van der Waals surface area (Å²) >= 11 is 5.22. The van der Waals surface area contributed by atoms with Gasteiger partial charge in [0.25, 0.3) is 0 Å². The number of alkyl halides is 4. The molecule has 2 aromatic carbocycles. The van der Waals surface area contributed by atoms with Crippen molar-refractivity contribution in [2.75, 3.05) is 0 Å². The van der Waals surface area contributed by atoms with E-state index in [1.54, 1.807) is 0 Å². The molecule has 0 saturated heterocycles. The fourth-order valence-electron chi connectivity index (χ4n) is 1.90. The van der Waals surface area contributed by atoms with E-state index in [4.69, 9.17) is 11.6 Å². The van der Waals surface area contributed by atoms with Crippen molar-refractivity contribution in [2.45, 2.75) is 12.2 Å². The van der Waals surface area contributed by atoms with Gasteiger partial charge >= 0.3 is 6.36 Å². The van der Waals surface area contributed by atoms with E-state index >= 15 is 0 Å². The van der Waals surface area contributed by atoms with Gasteiger partial charge in [-0.2, -0.15) is 0 Å². The fourth-order valence-corrected chi connectivity index (χ4v) is 2.13. The van der Waals surface area contributed by atoms with E-state index in [1.165, 1.54) is 0 Å². The highest BCUT2D eigenvalue weighted by molar-refractivity contribution is 6.17. The van der Waals surface area contributed by atoms with E-state index in [0.717, 1.165) is 18.2 Å². The summed E-state index contributed by atoms with van der Waals surface area (Å²) in [5.74, 6) is -8.56. The first-order chi connectivity index (χ1) is 10.7. The minimum atomic E-state index is -5.03. The van der Waals surface area contributed by atoms with Gasteiger partial charge in [-0.25, -0.2) is 17.6 Å². The van der Waals surface area contributed by atoms with Crippen molar-refractivity contribution >= 4 is 11.6 Å². The van der Waals surface area contributed by atoms with E-state index in [9.17, 15) is 30.7 Å². The Morgan fingerprint density at radius 1 is 0.913 bits per heavy atom. The number of benzene rings is 2. The number of hydrogen-bond acceptors (Lipinski definition) is 1. The quantitative estimate of drug-likeness (QED) is 0.397. The monoisotopic (exact) mass is 358 g/mol. The van der Waals surface area contributed by atoms with Gasteiger partial charge < -0.3 is 4.74 Å². The Morgan fingerprint density at radius 2 is 1.48 bits per heavy atom. The SMILES string of the molecule is Fc1c(F)c(-c2cccc(OC(F)(F)F)c2)c(F)c(F)c1CCl. The van der Waals surface area contributed by atoms with Crippen molar-refractivity contribution in [3.05, 3.63) is 53.1 Å². The Morgan fingerprint density at radius 3 is 1.96 bits per heavy atom. The Labute approximate surface area is 130 Å². The van der Waals surface area contributed by atoms with Crippen LogP contribution in [0.1, 0.15) is 5.56 Å². The van der Waals surface area contributed by atoms with E-state index in [2.05, 4.69) is 4.74 Å². The van der Waals surface area contributed by atoms with Gasteiger partial charge in [-0.15, -0.1) is 24.8 Å². The van der Waals surface area contributed by atoms with Crippen molar-refractivity contribution in [3.63, 3.8) is 0 Å². The smallest absolute Gasteiger partial charge is 0.406 e. The summed E-state index contributed by atoms with van der Waals surface area (Å²) < 4.78 is 95.3. The van der Waals surface area contributed by atoms with Crippen molar-refractivity contribution in [3.8, 4) is 16.9 Å². The van der Waals surface area contributed by atoms with Crippen LogP contribution in [-0.2, 0) is 5.88 Å². The molecule has 2 rings (SSSR count). The Hall–Kier alpha value is -1.96. The summed E-state index contributed by atoms with van der Waals surface area (Å²) in [4.78, 5) is 0. The van der Waals surface area contributed by atoms with Gasteiger partial charge in [0.2, 0.25) is 0 Å². The number of rotatable bonds is 3. The Kier molecular flexibility index (Phi) is 4.74. The number of ether oxygens (including phenoxy) is 1. The topological polar surface area (TPSA) is 9.23 Å². The number of hydrogen-bond donors (Lipinski definition) is 0. The molecular weight excluding hydrogens is 353 g/mol. The highest BCUT2D eigenvalue weighted by Crippen LogP contribution is 2.35. The van der Waals surface area contributed by atoms with Gasteiger partial charge in [0.05, 0.1) is 11.4 Å². The zero-order valence-electron chi connectivity index (χ0n) is 10.9. The summed E-state index contributed by atoms with van der Waals surface area (Å²) in [7, 11) is 0. The molecule has 0 N–H and O–H groups in total. The molecule has 0 amide bonds. The molecular formula is C14H6ClF7O. The van der Waals surface area contributed by atoms with Crippen LogP contribution in [0.5, 0.6) is 5.75 Å². The van der Waals surface area contributed by atoms with Crippen molar-refractivity contribution in [1.29, 1.82) is 0 Å². The van der Waals surface area contributed by atoms with Crippen LogP contribution in [0.4, 0.5) is 30.7 Å². The van der Waals surface area contributed by atoms with Crippen LogP contribution in [-0.4, -0.2) is 6.36 Å². The van der Waals surface area contributed by atoms with Crippen LogP contribution >= 0.6 is 11.6 Å². The summed E-state index contributed by atoms with van der Waals surface area (Å²) in [5.41, 5.74) is -2.68. The van der Waals surface area contributed by atoms with Gasteiger partial charge in [0, 0.05) is 5.56 Å². The zero-order chi connectivity index (χ0) is 17.4. The van der Waals surface area contributed by atoms with E-state index in [-0.39, 0.29) is 0 Å². The molecule has 0 aliphatic rings. The highest BCUT2D eigenvalue weighted by atomic mass is 35.5. The molecule has 1 nitrogen and oxygen atoms in total. The maximum Gasteiger partial charge on any atom is 0.573 e. The average molecular weight is 359 g/mol. The molecule has 0 radical (unpaired) electrons. The lowest BCUT2D eigenvalue weighted by molar-refractivity contribution is -0.274. The van der Waals surface area contributed by atoms with E-state index in [1.807, 2.05) is 0 Å².